The Hall–Kier alpha value is -1.65. The van der Waals surface area contributed by atoms with Crippen LogP contribution in [-0.2, 0) is 6.54 Å². The maximum atomic E-state index is 11.9. The zero-order chi connectivity index (χ0) is 15.4. The molecule has 1 atom stereocenters. The van der Waals surface area contributed by atoms with E-state index in [1.807, 2.05) is 12.1 Å². The molecule has 2 saturated heterocycles. The van der Waals surface area contributed by atoms with Crippen LogP contribution in [0.3, 0.4) is 0 Å². The Kier molecular flexibility index (Phi) is 4.90. The fraction of sp³-hybridized carbons (Fsp3) is 0.500. The molecule has 22 heavy (non-hydrogen) atoms. The van der Waals surface area contributed by atoms with E-state index in [0.717, 1.165) is 6.54 Å². The van der Waals surface area contributed by atoms with E-state index in [1.54, 1.807) is 6.08 Å². The lowest BCUT2D eigenvalue weighted by atomic mass is 10.1. The fourth-order valence-electron chi connectivity index (χ4n) is 3.56. The van der Waals surface area contributed by atoms with Gasteiger partial charge in [0.25, 0.3) is 5.91 Å². The second-order valence-electron chi connectivity index (χ2n) is 6.18. The summed E-state index contributed by atoms with van der Waals surface area (Å²) in [4.78, 5) is 17.1. The number of benzene rings is 1. The van der Waals surface area contributed by atoms with Gasteiger partial charge in [-0.3, -0.25) is 14.6 Å². The highest BCUT2D eigenvalue weighted by molar-refractivity contribution is 5.94. The van der Waals surface area contributed by atoms with E-state index in [1.165, 1.54) is 44.5 Å². The summed E-state index contributed by atoms with van der Waals surface area (Å²) in [6, 6.07) is 8.00. The second kappa shape index (κ2) is 7.07. The molecule has 0 aromatic heterocycles. The SMILES string of the molecule is C=CCNC(=O)c1ccc(CN2CCCN3CCCC32)cc1. The Bertz CT molecular complexity index is 526. The minimum atomic E-state index is -0.0357. The molecular weight excluding hydrogens is 274 g/mol. The standard InChI is InChI=1S/C18H25N3O/c1-2-10-19-18(22)16-8-6-15(7-9-16)14-21-13-4-12-20-11-3-5-17(20)21/h2,6-9,17H,1,3-5,10-14H2,(H,19,22). The van der Waals surface area contributed by atoms with Crippen molar-refractivity contribution < 1.29 is 4.79 Å². The maximum absolute atomic E-state index is 11.9. The van der Waals surface area contributed by atoms with Crippen molar-refractivity contribution in [3.05, 3.63) is 48.0 Å². The van der Waals surface area contributed by atoms with Crippen molar-refractivity contribution in [1.29, 1.82) is 0 Å². The normalized spacial score (nSPS) is 22.3. The molecule has 1 N–H and O–H groups in total. The third-order valence-corrected chi connectivity index (χ3v) is 4.65. The van der Waals surface area contributed by atoms with Crippen LogP contribution in [0.1, 0.15) is 35.2 Å². The van der Waals surface area contributed by atoms with Gasteiger partial charge in [-0.15, -0.1) is 6.58 Å². The van der Waals surface area contributed by atoms with Crippen molar-refractivity contribution in [1.82, 2.24) is 15.1 Å². The molecule has 1 aromatic carbocycles. The van der Waals surface area contributed by atoms with Crippen molar-refractivity contribution in [2.45, 2.75) is 32.0 Å². The molecule has 2 aliphatic heterocycles. The predicted molar refractivity (Wildman–Crippen MR) is 88.6 cm³/mol. The maximum Gasteiger partial charge on any atom is 0.251 e. The molecule has 2 fully saturated rings. The number of amides is 1. The zero-order valence-corrected chi connectivity index (χ0v) is 13.1. The monoisotopic (exact) mass is 299 g/mol. The molecule has 0 saturated carbocycles. The van der Waals surface area contributed by atoms with Gasteiger partial charge in [-0.2, -0.15) is 0 Å². The Morgan fingerprint density at radius 2 is 2.00 bits per heavy atom. The number of carbonyl (C=O) groups is 1. The van der Waals surface area contributed by atoms with Crippen molar-refractivity contribution >= 4 is 5.91 Å². The first kappa shape index (κ1) is 15.3. The van der Waals surface area contributed by atoms with Gasteiger partial charge in [0.1, 0.15) is 0 Å². The van der Waals surface area contributed by atoms with Gasteiger partial charge in [0.15, 0.2) is 0 Å². The van der Waals surface area contributed by atoms with Crippen LogP contribution in [0.4, 0.5) is 0 Å². The minimum Gasteiger partial charge on any atom is -0.349 e. The molecule has 3 rings (SSSR count). The van der Waals surface area contributed by atoms with Crippen molar-refractivity contribution in [2.75, 3.05) is 26.2 Å². The lowest BCUT2D eigenvalue weighted by Gasteiger charge is -2.40. The molecule has 2 heterocycles. The topological polar surface area (TPSA) is 35.6 Å². The lowest BCUT2D eigenvalue weighted by Crippen LogP contribution is -2.49. The van der Waals surface area contributed by atoms with Gasteiger partial charge in [-0.05, 0) is 43.5 Å². The third kappa shape index (κ3) is 3.39. The third-order valence-electron chi connectivity index (χ3n) is 4.65. The molecule has 4 heteroatoms. The van der Waals surface area contributed by atoms with Crippen LogP contribution in [0.2, 0.25) is 0 Å². The molecule has 0 radical (unpaired) electrons. The summed E-state index contributed by atoms with van der Waals surface area (Å²) in [7, 11) is 0. The van der Waals surface area contributed by atoms with Crippen LogP contribution in [-0.4, -0.2) is 48.1 Å². The first-order valence-electron chi connectivity index (χ1n) is 8.24. The number of rotatable bonds is 5. The molecule has 0 bridgehead atoms. The van der Waals surface area contributed by atoms with Gasteiger partial charge in [-0.1, -0.05) is 18.2 Å². The molecule has 4 nitrogen and oxygen atoms in total. The fourth-order valence-corrected chi connectivity index (χ4v) is 3.56. The Balaban J connectivity index is 1.61. The minimum absolute atomic E-state index is 0.0357. The molecule has 1 unspecified atom stereocenters. The predicted octanol–water partition coefficient (Wildman–Crippen LogP) is 2.23. The zero-order valence-electron chi connectivity index (χ0n) is 13.1. The smallest absolute Gasteiger partial charge is 0.251 e. The summed E-state index contributed by atoms with van der Waals surface area (Å²) in [5, 5.41) is 2.81. The first-order chi connectivity index (χ1) is 10.8. The summed E-state index contributed by atoms with van der Waals surface area (Å²) >= 11 is 0. The first-order valence-corrected chi connectivity index (χ1v) is 8.24. The van der Waals surface area contributed by atoms with E-state index in [4.69, 9.17) is 0 Å². The number of fused-ring (bicyclic) bond motifs is 1. The van der Waals surface area contributed by atoms with Crippen molar-refractivity contribution in [3.8, 4) is 0 Å². The number of nitrogens with zero attached hydrogens (tertiary/aromatic N) is 2. The van der Waals surface area contributed by atoms with Crippen LogP contribution in [0, 0.1) is 0 Å². The van der Waals surface area contributed by atoms with Crippen LogP contribution >= 0.6 is 0 Å². The van der Waals surface area contributed by atoms with E-state index in [-0.39, 0.29) is 5.91 Å². The van der Waals surface area contributed by atoms with E-state index < -0.39 is 0 Å². The Morgan fingerprint density at radius 1 is 1.23 bits per heavy atom. The van der Waals surface area contributed by atoms with E-state index >= 15 is 0 Å². The van der Waals surface area contributed by atoms with Gasteiger partial charge >= 0.3 is 0 Å². The summed E-state index contributed by atoms with van der Waals surface area (Å²) in [6.07, 6.45) is 6.20. The average Bonchev–Trinajstić information content (AvgIpc) is 3.03. The Morgan fingerprint density at radius 3 is 2.77 bits per heavy atom. The highest BCUT2D eigenvalue weighted by atomic mass is 16.1. The molecule has 0 aliphatic carbocycles. The highest BCUT2D eigenvalue weighted by Crippen LogP contribution is 2.26. The van der Waals surface area contributed by atoms with Crippen LogP contribution in [0.15, 0.2) is 36.9 Å². The Labute approximate surface area is 132 Å². The summed E-state index contributed by atoms with van der Waals surface area (Å²) < 4.78 is 0. The summed E-state index contributed by atoms with van der Waals surface area (Å²) in [6.45, 7) is 8.79. The van der Waals surface area contributed by atoms with Crippen LogP contribution < -0.4 is 5.32 Å². The van der Waals surface area contributed by atoms with Gasteiger partial charge in [0.2, 0.25) is 0 Å². The summed E-state index contributed by atoms with van der Waals surface area (Å²) in [5.74, 6) is -0.0357. The van der Waals surface area contributed by atoms with E-state index in [9.17, 15) is 4.79 Å². The molecular formula is C18H25N3O. The van der Waals surface area contributed by atoms with Gasteiger partial charge < -0.3 is 5.32 Å². The van der Waals surface area contributed by atoms with Gasteiger partial charge in [0, 0.05) is 31.7 Å². The number of nitrogens with one attached hydrogen (secondary N) is 1. The largest absolute Gasteiger partial charge is 0.349 e. The highest BCUT2D eigenvalue weighted by Gasteiger charge is 2.32. The van der Waals surface area contributed by atoms with Crippen LogP contribution in [0.5, 0.6) is 0 Å². The second-order valence-corrected chi connectivity index (χ2v) is 6.18. The molecule has 118 valence electrons. The van der Waals surface area contributed by atoms with E-state index in [0.29, 0.717) is 18.3 Å². The average molecular weight is 299 g/mol. The molecule has 0 spiro atoms. The number of hydrogen-bond acceptors (Lipinski definition) is 3. The summed E-state index contributed by atoms with van der Waals surface area (Å²) in [5.41, 5.74) is 2.00. The number of carbonyl (C=O) groups excluding carboxylic acids is 1. The lowest BCUT2D eigenvalue weighted by molar-refractivity contribution is 0.0287. The van der Waals surface area contributed by atoms with Crippen molar-refractivity contribution in [3.63, 3.8) is 0 Å². The molecule has 1 aromatic rings. The van der Waals surface area contributed by atoms with Gasteiger partial charge in [0.05, 0.1) is 6.17 Å². The molecule has 2 aliphatic rings. The van der Waals surface area contributed by atoms with Gasteiger partial charge in [-0.25, -0.2) is 0 Å². The number of hydrogen-bond donors (Lipinski definition) is 1. The van der Waals surface area contributed by atoms with Crippen LogP contribution in [0.25, 0.3) is 0 Å². The van der Waals surface area contributed by atoms with E-state index in [2.05, 4.69) is 33.8 Å². The molecule has 1 amide bonds. The quantitative estimate of drug-likeness (QED) is 0.847. The van der Waals surface area contributed by atoms with Crippen molar-refractivity contribution in [2.24, 2.45) is 0 Å².